The van der Waals surface area contributed by atoms with Gasteiger partial charge in [0.25, 0.3) is 5.91 Å². The molecule has 0 saturated heterocycles. The minimum absolute atomic E-state index is 0.0748. The highest BCUT2D eigenvalue weighted by Crippen LogP contribution is 2.37. The Labute approximate surface area is 158 Å². The predicted octanol–water partition coefficient (Wildman–Crippen LogP) is 4.45. The molecule has 0 bridgehead atoms. The molecule has 3 aromatic rings. The predicted molar refractivity (Wildman–Crippen MR) is 106 cm³/mol. The molecule has 0 aliphatic carbocycles. The minimum atomic E-state index is -0.564. The Bertz CT molecular complexity index is 968. The summed E-state index contributed by atoms with van der Waals surface area (Å²) < 4.78 is 5.31. The van der Waals surface area contributed by atoms with Gasteiger partial charge >= 0.3 is 0 Å². The van der Waals surface area contributed by atoms with E-state index in [1.54, 1.807) is 12.0 Å². The summed E-state index contributed by atoms with van der Waals surface area (Å²) in [6.07, 6.45) is -0.0469. The fraction of sp³-hybridized carbons (Fsp3) is 0.174. The van der Waals surface area contributed by atoms with E-state index in [1.165, 1.54) is 0 Å². The van der Waals surface area contributed by atoms with Gasteiger partial charge in [0.15, 0.2) is 0 Å². The van der Waals surface area contributed by atoms with Crippen LogP contribution in [0.5, 0.6) is 5.75 Å². The maximum Gasteiger partial charge on any atom is 0.258 e. The first kappa shape index (κ1) is 17.3. The van der Waals surface area contributed by atoms with Gasteiger partial charge in [-0.1, -0.05) is 48.5 Å². The zero-order valence-corrected chi connectivity index (χ0v) is 15.1. The fourth-order valence-corrected chi connectivity index (χ4v) is 3.52. The molecule has 4 rings (SSSR count). The summed E-state index contributed by atoms with van der Waals surface area (Å²) in [6.45, 7) is 0.468. The standard InChI is InChI=1S/C23H21NO3/c1-27-19-10-11-20-21(15-19)24(13-12-22(20)25)23(26)18-9-5-8-17(14-18)16-6-3-2-4-7-16/h2-11,14-15,22,25H,12-13H2,1H3. The highest BCUT2D eigenvalue weighted by molar-refractivity contribution is 6.07. The first-order valence-corrected chi connectivity index (χ1v) is 9.01. The Morgan fingerprint density at radius 1 is 1.00 bits per heavy atom. The van der Waals surface area contributed by atoms with Crippen molar-refractivity contribution in [3.8, 4) is 16.9 Å². The molecule has 4 heteroatoms. The fourth-order valence-electron chi connectivity index (χ4n) is 3.52. The average Bonchev–Trinajstić information content (AvgIpc) is 2.74. The van der Waals surface area contributed by atoms with E-state index < -0.39 is 6.10 Å². The van der Waals surface area contributed by atoms with E-state index in [9.17, 15) is 9.90 Å². The molecule has 27 heavy (non-hydrogen) atoms. The van der Waals surface area contributed by atoms with Crippen molar-refractivity contribution < 1.29 is 14.6 Å². The molecule has 0 fully saturated rings. The molecule has 4 nitrogen and oxygen atoms in total. The number of methoxy groups -OCH3 is 1. The third-order valence-corrected chi connectivity index (χ3v) is 4.98. The summed E-state index contributed by atoms with van der Waals surface area (Å²) >= 11 is 0. The lowest BCUT2D eigenvalue weighted by Crippen LogP contribution is -2.36. The van der Waals surface area contributed by atoms with Crippen LogP contribution in [0.3, 0.4) is 0 Å². The second kappa shape index (κ2) is 7.25. The number of aliphatic hydroxyl groups excluding tert-OH is 1. The summed E-state index contributed by atoms with van der Waals surface area (Å²) in [6, 6.07) is 23.1. The molecule has 136 valence electrons. The molecule has 1 heterocycles. The molecule has 1 N–H and O–H groups in total. The zero-order valence-electron chi connectivity index (χ0n) is 15.1. The van der Waals surface area contributed by atoms with E-state index in [-0.39, 0.29) is 5.91 Å². The van der Waals surface area contributed by atoms with Gasteiger partial charge in [-0.3, -0.25) is 4.79 Å². The van der Waals surface area contributed by atoms with Crippen molar-refractivity contribution in [2.45, 2.75) is 12.5 Å². The molecule has 1 aliphatic heterocycles. The molecule has 1 aliphatic rings. The summed E-state index contributed by atoms with van der Waals surface area (Å²) in [5.41, 5.74) is 4.17. The summed E-state index contributed by atoms with van der Waals surface area (Å²) in [5, 5.41) is 10.3. The van der Waals surface area contributed by atoms with Gasteiger partial charge in [0.1, 0.15) is 5.75 Å². The number of anilines is 1. The van der Waals surface area contributed by atoms with E-state index in [0.29, 0.717) is 30.0 Å². The van der Waals surface area contributed by atoms with Crippen LogP contribution in [-0.4, -0.2) is 24.7 Å². The summed E-state index contributed by atoms with van der Waals surface area (Å²) in [7, 11) is 1.59. The van der Waals surface area contributed by atoms with Crippen molar-refractivity contribution >= 4 is 11.6 Å². The lowest BCUT2D eigenvalue weighted by atomic mass is 9.97. The van der Waals surface area contributed by atoms with Crippen LogP contribution in [0.4, 0.5) is 5.69 Å². The summed E-state index contributed by atoms with van der Waals surface area (Å²) in [4.78, 5) is 15.0. The topological polar surface area (TPSA) is 49.8 Å². The quantitative estimate of drug-likeness (QED) is 0.752. The molecule has 0 radical (unpaired) electrons. The number of rotatable bonds is 3. The molecule has 0 spiro atoms. The van der Waals surface area contributed by atoms with Crippen LogP contribution < -0.4 is 9.64 Å². The van der Waals surface area contributed by atoms with Gasteiger partial charge in [-0.2, -0.15) is 0 Å². The molecule has 0 aromatic heterocycles. The molecule has 1 atom stereocenters. The van der Waals surface area contributed by atoms with Crippen molar-refractivity contribution in [2.24, 2.45) is 0 Å². The minimum Gasteiger partial charge on any atom is -0.497 e. The Hall–Kier alpha value is -3.11. The van der Waals surface area contributed by atoms with E-state index in [4.69, 9.17) is 4.74 Å². The molecular formula is C23H21NO3. The lowest BCUT2D eigenvalue weighted by molar-refractivity contribution is 0.0970. The van der Waals surface area contributed by atoms with Crippen molar-refractivity contribution in [1.29, 1.82) is 0 Å². The lowest BCUT2D eigenvalue weighted by Gasteiger charge is -2.32. The van der Waals surface area contributed by atoms with Gasteiger partial charge < -0.3 is 14.7 Å². The Kier molecular flexibility index (Phi) is 4.65. The zero-order chi connectivity index (χ0) is 18.8. The van der Waals surface area contributed by atoms with E-state index in [1.807, 2.05) is 72.8 Å². The van der Waals surface area contributed by atoms with Crippen molar-refractivity contribution in [3.05, 3.63) is 83.9 Å². The number of benzene rings is 3. The number of carbonyl (C=O) groups excluding carboxylic acids is 1. The van der Waals surface area contributed by atoms with Gasteiger partial charge in [0.2, 0.25) is 0 Å². The number of aliphatic hydroxyl groups is 1. The number of nitrogens with zero attached hydrogens (tertiary/aromatic N) is 1. The Morgan fingerprint density at radius 2 is 1.78 bits per heavy atom. The number of amides is 1. The average molecular weight is 359 g/mol. The van der Waals surface area contributed by atoms with Crippen molar-refractivity contribution in [2.75, 3.05) is 18.6 Å². The van der Waals surface area contributed by atoms with Crippen molar-refractivity contribution in [1.82, 2.24) is 0 Å². The first-order chi connectivity index (χ1) is 13.2. The largest absolute Gasteiger partial charge is 0.497 e. The Balaban J connectivity index is 1.71. The number of ether oxygens (including phenoxy) is 1. The van der Waals surface area contributed by atoms with Gasteiger partial charge in [0.05, 0.1) is 18.9 Å². The first-order valence-electron chi connectivity index (χ1n) is 9.01. The number of carbonyl (C=O) groups is 1. The van der Waals surface area contributed by atoms with Crippen LogP contribution in [-0.2, 0) is 0 Å². The summed E-state index contributed by atoms with van der Waals surface area (Å²) in [5.74, 6) is 0.591. The highest BCUT2D eigenvalue weighted by Gasteiger charge is 2.28. The molecule has 1 amide bonds. The van der Waals surface area contributed by atoms with Crippen LogP contribution >= 0.6 is 0 Å². The number of hydrogen-bond donors (Lipinski definition) is 1. The van der Waals surface area contributed by atoms with E-state index >= 15 is 0 Å². The van der Waals surface area contributed by atoms with Crippen molar-refractivity contribution in [3.63, 3.8) is 0 Å². The third-order valence-electron chi connectivity index (χ3n) is 4.98. The van der Waals surface area contributed by atoms with E-state index in [2.05, 4.69) is 0 Å². The van der Waals surface area contributed by atoms with Crippen LogP contribution in [0.1, 0.15) is 28.4 Å². The second-order valence-corrected chi connectivity index (χ2v) is 6.63. The SMILES string of the molecule is COc1ccc2c(c1)N(C(=O)c1cccc(-c3ccccc3)c1)CCC2O. The van der Waals surface area contributed by atoms with E-state index in [0.717, 1.165) is 16.7 Å². The Morgan fingerprint density at radius 3 is 2.56 bits per heavy atom. The molecular weight excluding hydrogens is 338 g/mol. The van der Waals surface area contributed by atoms with Gasteiger partial charge in [0, 0.05) is 23.7 Å². The van der Waals surface area contributed by atoms with Crippen LogP contribution in [0, 0.1) is 0 Å². The third kappa shape index (κ3) is 3.32. The monoisotopic (exact) mass is 359 g/mol. The molecule has 1 unspecified atom stereocenters. The maximum atomic E-state index is 13.3. The normalized spacial score (nSPS) is 15.9. The van der Waals surface area contributed by atoms with Crippen LogP contribution in [0.25, 0.3) is 11.1 Å². The molecule has 3 aromatic carbocycles. The molecule has 0 saturated carbocycles. The van der Waals surface area contributed by atoms with Crippen LogP contribution in [0.15, 0.2) is 72.8 Å². The second-order valence-electron chi connectivity index (χ2n) is 6.63. The van der Waals surface area contributed by atoms with Gasteiger partial charge in [-0.25, -0.2) is 0 Å². The number of fused-ring (bicyclic) bond motifs is 1. The van der Waals surface area contributed by atoms with Crippen LogP contribution in [0.2, 0.25) is 0 Å². The number of hydrogen-bond acceptors (Lipinski definition) is 3. The highest BCUT2D eigenvalue weighted by atomic mass is 16.5. The maximum absolute atomic E-state index is 13.3. The smallest absolute Gasteiger partial charge is 0.258 e. The van der Waals surface area contributed by atoms with Gasteiger partial charge in [-0.05, 0) is 35.7 Å². The van der Waals surface area contributed by atoms with Gasteiger partial charge in [-0.15, -0.1) is 0 Å².